The summed E-state index contributed by atoms with van der Waals surface area (Å²) < 4.78 is 0. The zero-order valence-electron chi connectivity index (χ0n) is 12.4. The van der Waals surface area contributed by atoms with Gasteiger partial charge in [0.25, 0.3) is 5.91 Å². The molecule has 2 heterocycles. The second kappa shape index (κ2) is 5.85. The molecule has 0 spiro atoms. The molecule has 0 saturated heterocycles. The summed E-state index contributed by atoms with van der Waals surface area (Å²) in [7, 11) is 0. The van der Waals surface area contributed by atoms with Crippen LogP contribution in [0.25, 0.3) is 10.9 Å². The van der Waals surface area contributed by atoms with E-state index < -0.39 is 0 Å². The highest BCUT2D eigenvalue weighted by Crippen LogP contribution is 2.15. The number of hydrogen-bond acceptors (Lipinski definition) is 3. The zero-order chi connectivity index (χ0) is 15.5. The van der Waals surface area contributed by atoms with Gasteiger partial charge in [-0.1, -0.05) is 32.0 Å². The molecule has 2 aromatic heterocycles. The summed E-state index contributed by atoms with van der Waals surface area (Å²) in [5, 5.41) is 11.9. The van der Waals surface area contributed by atoms with Crippen LogP contribution in [0.2, 0.25) is 0 Å². The maximum Gasteiger partial charge on any atom is 0.291 e. The number of H-pyrrole nitrogens is 2. The molecule has 1 aromatic carbocycles. The van der Waals surface area contributed by atoms with Crippen LogP contribution in [0.15, 0.2) is 41.6 Å². The van der Waals surface area contributed by atoms with Crippen molar-refractivity contribution in [2.75, 3.05) is 0 Å². The van der Waals surface area contributed by atoms with E-state index in [-0.39, 0.29) is 5.91 Å². The van der Waals surface area contributed by atoms with Gasteiger partial charge >= 0.3 is 0 Å². The van der Waals surface area contributed by atoms with Crippen molar-refractivity contribution in [1.29, 1.82) is 0 Å². The highest BCUT2D eigenvalue weighted by Gasteiger charge is 2.11. The van der Waals surface area contributed by atoms with Crippen LogP contribution in [0, 0.1) is 0 Å². The predicted octanol–water partition coefficient (Wildman–Crippen LogP) is 2.78. The lowest BCUT2D eigenvalue weighted by Gasteiger charge is -1.96. The van der Waals surface area contributed by atoms with Crippen LogP contribution in [-0.4, -0.2) is 27.3 Å². The average molecular weight is 295 g/mol. The molecule has 22 heavy (non-hydrogen) atoms. The van der Waals surface area contributed by atoms with E-state index in [1.165, 1.54) is 0 Å². The molecule has 112 valence electrons. The second-order valence-corrected chi connectivity index (χ2v) is 5.35. The quantitative estimate of drug-likeness (QED) is 0.510. The van der Waals surface area contributed by atoms with Crippen LogP contribution in [0.1, 0.15) is 41.5 Å². The monoisotopic (exact) mass is 295 g/mol. The number of carbonyl (C=O) groups excluding carboxylic acids is 1. The Morgan fingerprint density at radius 3 is 2.95 bits per heavy atom. The summed E-state index contributed by atoms with van der Waals surface area (Å²) in [6.45, 7) is 4.06. The number of fused-ring (bicyclic) bond motifs is 1. The summed E-state index contributed by atoms with van der Waals surface area (Å²) in [5.74, 6) is -0.0389. The largest absolute Gasteiger partial charge is 0.361 e. The number of aromatic amines is 2. The number of nitrogens with one attached hydrogen (secondary N) is 3. The molecule has 0 aliphatic heterocycles. The Bertz CT molecular complexity index is 828. The first-order valence-corrected chi connectivity index (χ1v) is 7.10. The highest BCUT2D eigenvalue weighted by atomic mass is 16.2. The number of amides is 1. The van der Waals surface area contributed by atoms with E-state index in [1.807, 2.05) is 44.3 Å². The van der Waals surface area contributed by atoms with Gasteiger partial charge in [-0.05, 0) is 18.1 Å². The Kier molecular flexibility index (Phi) is 3.74. The fraction of sp³-hybridized carbons (Fsp3) is 0.188. The lowest BCUT2D eigenvalue weighted by atomic mass is 10.1. The van der Waals surface area contributed by atoms with E-state index in [0.717, 1.165) is 22.2 Å². The minimum Gasteiger partial charge on any atom is -0.361 e. The fourth-order valence-corrected chi connectivity index (χ4v) is 2.17. The van der Waals surface area contributed by atoms with Crippen LogP contribution in [0.4, 0.5) is 0 Å². The van der Waals surface area contributed by atoms with E-state index in [0.29, 0.717) is 11.6 Å². The van der Waals surface area contributed by atoms with Crippen molar-refractivity contribution in [3.8, 4) is 0 Å². The van der Waals surface area contributed by atoms with E-state index in [4.69, 9.17) is 0 Å². The van der Waals surface area contributed by atoms with Gasteiger partial charge in [-0.25, -0.2) is 5.43 Å². The van der Waals surface area contributed by atoms with Gasteiger partial charge in [-0.15, -0.1) is 0 Å². The van der Waals surface area contributed by atoms with Crippen molar-refractivity contribution in [2.45, 2.75) is 19.8 Å². The van der Waals surface area contributed by atoms with E-state index >= 15 is 0 Å². The third-order valence-corrected chi connectivity index (χ3v) is 3.44. The van der Waals surface area contributed by atoms with Crippen LogP contribution in [0.3, 0.4) is 0 Å². The van der Waals surface area contributed by atoms with E-state index in [2.05, 4.69) is 25.7 Å². The maximum absolute atomic E-state index is 12.0. The molecule has 6 nitrogen and oxygen atoms in total. The van der Waals surface area contributed by atoms with Crippen molar-refractivity contribution < 1.29 is 4.79 Å². The minimum atomic E-state index is -0.334. The molecule has 3 rings (SSSR count). The van der Waals surface area contributed by atoms with E-state index in [9.17, 15) is 4.79 Å². The number of hydrazone groups is 1. The number of para-hydroxylation sites is 1. The lowest BCUT2D eigenvalue weighted by Crippen LogP contribution is -2.17. The number of nitrogens with zero attached hydrogens (tertiary/aromatic N) is 2. The molecule has 0 unspecified atom stereocenters. The Morgan fingerprint density at radius 1 is 1.36 bits per heavy atom. The SMILES string of the molecule is CC(C)c1cc(C(=O)N/N=C\c2c[nH]c3ccccc23)n[nH]1. The van der Waals surface area contributed by atoms with Crippen LogP contribution in [-0.2, 0) is 0 Å². The van der Waals surface area contributed by atoms with Gasteiger partial charge in [0.1, 0.15) is 0 Å². The first-order valence-electron chi connectivity index (χ1n) is 7.10. The van der Waals surface area contributed by atoms with Crippen molar-refractivity contribution in [3.63, 3.8) is 0 Å². The maximum atomic E-state index is 12.0. The summed E-state index contributed by atoms with van der Waals surface area (Å²) in [5.41, 5.74) is 5.69. The van der Waals surface area contributed by atoms with Gasteiger partial charge in [-0.2, -0.15) is 10.2 Å². The third kappa shape index (κ3) is 2.76. The molecule has 0 aliphatic carbocycles. The third-order valence-electron chi connectivity index (χ3n) is 3.44. The van der Waals surface area contributed by atoms with Gasteiger partial charge in [0.15, 0.2) is 5.69 Å². The fourth-order valence-electron chi connectivity index (χ4n) is 2.17. The molecule has 0 bridgehead atoms. The number of hydrogen-bond donors (Lipinski definition) is 3. The van der Waals surface area contributed by atoms with Gasteiger partial charge in [-0.3, -0.25) is 9.89 Å². The van der Waals surface area contributed by atoms with Crippen LogP contribution in [0.5, 0.6) is 0 Å². The van der Waals surface area contributed by atoms with Gasteiger partial charge in [0.05, 0.1) is 6.21 Å². The molecular formula is C16H17N5O. The summed E-state index contributed by atoms with van der Waals surface area (Å²) in [6, 6.07) is 9.65. The Morgan fingerprint density at radius 2 is 2.18 bits per heavy atom. The molecular weight excluding hydrogens is 278 g/mol. The number of benzene rings is 1. The predicted molar refractivity (Wildman–Crippen MR) is 86.0 cm³/mol. The van der Waals surface area contributed by atoms with Crippen molar-refractivity contribution in [1.82, 2.24) is 20.6 Å². The average Bonchev–Trinajstić information content (AvgIpc) is 3.14. The minimum absolute atomic E-state index is 0.295. The second-order valence-electron chi connectivity index (χ2n) is 5.35. The molecule has 6 heteroatoms. The van der Waals surface area contributed by atoms with Gasteiger partial charge in [0, 0.05) is 28.4 Å². The standard InChI is InChI=1S/C16H17N5O/c1-10(2)14-7-15(20-19-14)16(22)21-18-9-11-8-17-13-6-4-3-5-12(11)13/h3-10,17H,1-2H3,(H,19,20)(H,21,22)/b18-9-. The Hall–Kier alpha value is -2.89. The molecule has 0 radical (unpaired) electrons. The summed E-state index contributed by atoms with van der Waals surface area (Å²) in [4.78, 5) is 15.1. The number of rotatable bonds is 4. The van der Waals surface area contributed by atoms with Crippen LogP contribution < -0.4 is 5.43 Å². The zero-order valence-corrected chi connectivity index (χ0v) is 12.4. The van der Waals surface area contributed by atoms with Crippen molar-refractivity contribution in [2.24, 2.45) is 5.10 Å². The van der Waals surface area contributed by atoms with E-state index in [1.54, 1.807) is 12.3 Å². The molecule has 0 aliphatic rings. The number of aromatic nitrogens is 3. The highest BCUT2D eigenvalue weighted by molar-refractivity contribution is 5.99. The molecule has 0 atom stereocenters. The Labute approximate surface area is 127 Å². The Balaban J connectivity index is 1.70. The summed E-state index contributed by atoms with van der Waals surface area (Å²) >= 11 is 0. The normalized spacial score (nSPS) is 11.6. The first kappa shape index (κ1) is 14.1. The number of carbonyl (C=O) groups is 1. The van der Waals surface area contributed by atoms with Gasteiger partial charge < -0.3 is 4.98 Å². The topological polar surface area (TPSA) is 85.9 Å². The van der Waals surface area contributed by atoms with Gasteiger partial charge in [0.2, 0.25) is 0 Å². The first-order chi connectivity index (χ1) is 10.6. The molecule has 1 amide bonds. The molecule has 3 aromatic rings. The summed E-state index contributed by atoms with van der Waals surface area (Å²) in [6.07, 6.45) is 3.47. The molecule has 3 N–H and O–H groups in total. The van der Waals surface area contributed by atoms with Crippen LogP contribution >= 0.6 is 0 Å². The molecule has 0 saturated carbocycles. The van der Waals surface area contributed by atoms with Crippen molar-refractivity contribution in [3.05, 3.63) is 53.5 Å². The molecule has 0 fully saturated rings. The smallest absolute Gasteiger partial charge is 0.291 e. The lowest BCUT2D eigenvalue weighted by molar-refractivity contribution is 0.0950. The van der Waals surface area contributed by atoms with Crippen molar-refractivity contribution >= 4 is 23.0 Å².